The van der Waals surface area contributed by atoms with Crippen LogP contribution < -0.4 is 5.32 Å². The third-order valence-corrected chi connectivity index (χ3v) is 3.48. The van der Waals surface area contributed by atoms with E-state index in [-0.39, 0.29) is 0 Å². The third-order valence-electron chi connectivity index (χ3n) is 3.48. The van der Waals surface area contributed by atoms with Crippen LogP contribution in [0.5, 0.6) is 0 Å². The molecule has 0 spiro atoms. The number of rotatable bonds is 2. The lowest BCUT2D eigenvalue weighted by molar-refractivity contribution is 0.434. The van der Waals surface area contributed by atoms with Gasteiger partial charge in [-0.15, -0.1) is 0 Å². The predicted octanol–water partition coefficient (Wildman–Crippen LogP) is 3.33. The molecule has 0 fully saturated rings. The van der Waals surface area contributed by atoms with Crippen molar-refractivity contribution in [1.82, 2.24) is 5.32 Å². The Balaban J connectivity index is 2.44. The Morgan fingerprint density at radius 1 is 1.40 bits per heavy atom. The van der Waals surface area contributed by atoms with Gasteiger partial charge in [-0.3, -0.25) is 0 Å². The predicted molar refractivity (Wildman–Crippen MR) is 65.2 cm³/mol. The van der Waals surface area contributed by atoms with Gasteiger partial charge in [0, 0.05) is 6.04 Å². The molecule has 1 N–H and O–H groups in total. The van der Waals surface area contributed by atoms with Crippen molar-refractivity contribution in [3.8, 4) is 0 Å². The van der Waals surface area contributed by atoms with Crippen LogP contribution in [0.25, 0.3) is 0 Å². The van der Waals surface area contributed by atoms with Gasteiger partial charge in [0.15, 0.2) is 0 Å². The van der Waals surface area contributed by atoms with Crippen molar-refractivity contribution in [2.75, 3.05) is 6.54 Å². The van der Waals surface area contributed by atoms with Crippen LogP contribution >= 0.6 is 0 Å². The van der Waals surface area contributed by atoms with E-state index >= 15 is 0 Å². The standard InChI is InChI=1S/C14H21N/c1-5-15-13-9-14(3,4)12-7-6-10(2)8-11(12)13/h6-8,13,15H,5,9H2,1-4H3. The van der Waals surface area contributed by atoms with Gasteiger partial charge >= 0.3 is 0 Å². The van der Waals surface area contributed by atoms with Crippen molar-refractivity contribution < 1.29 is 0 Å². The van der Waals surface area contributed by atoms with Gasteiger partial charge in [-0.1, -0.05) is 44.5 Å². The van der Waals surface area contributed by atoms with Crippen molar-refractivity contribution in [1.29, 1.82) is 0 Å². The minimum absolute atomic E-state index is 0.329. The summed E-state index contributed by atoms with van der Waals surface area (Å²) in [6.07, 6.45) is 1.22. The highest BCUT2D eigenvalue weighted by molar-refractivity contribution is 5.43. The normalized spacial score (nSPS) is 22.8. The molecule has 0 saturated carbocycles. The van der Waals surface area contributed by atoms with E-state index < -0.39 is 0 Å². The van der Waals surface area contributed by atoms with Gasteiger partial charge in [0.25, 0.3) is 0 Å². The first-order valence-electron chi connectivity index (χ1n) is 5.89. The first kappa shape index (κ1) is 10.7. The van der Waals surface area contributed by atoms with Gasteiger partial charge in [0.1, 0.15) is 0 Å². The number of hydrogen-bond acceptors (Lipinski definition) is 1. The molecule has 0 aromatic heterocycles. The summed E-state index contributed by atoms with van der Waals surface area (Å²) >= 11 is 0. The van der Waals surface area contributed by atoms with Crippen molar-refractivity contribution in [2.24, 2.45) is 0 Å². The molecule has 82 valence electrons. The number of benzene rings is 1. The molecule has 1 aliphatic rings. The first-order chi connectivity index (χ1) is 7.04. The number of fused-ring (bicyclic) bond motifs is 1. The van der Waals surface area contributed by atoms with Crippen LogP contribution in [0.2, 0.25) is 0 Å². The van der Waals surface area contributed by atoms with E-state index in [2.05, 4.69) is 51.2 Å². The number of hydrogen-bond donors (Lipinski definition) is 1. The molecule has 1 atom stereocenters. The summed E-state index contributed by atoms with van der Waals surface area (Å²) in [7, 11) is 0. The van der Waals surface area contributed by atoms with E-state index in [0.717, 1.165) is 6.54 Å². The molecule has 0 saturated heterocycles. The second-order valence-electron chi connectivity index (χ2n) is 5.29. The summed E-state index contributed by atoms with van der Waals surface area (Å²) in [5.41, 5.74) is 4.74. The maximum absolute atomic E-state index is 3.58. The van der Waals surface area contributed by atoms with Gasteiger partial charge in [-0.2, -0.15) is 0 Å². The summed E-state index contributed by atoms with van der Waals surface area (Å²) in [6.45, 7) is 10.1. The monoisotopic (exact) mass is 203 g/mol. The van der Waals surface area contributed by atoms with Crippen LogP contribution in [0, 0.1) is 6.92 Å². The quantitative estimate of drug-likeness (QED) is 0.777. The van der Waals surface area contributed by atoms with Crippen LogP contribution in [0.3, 0.4) is 0 Å². The Hall–Kier alpha value is -0.820. The zero-order valence-corrected chi connectivity index (χ0v) is 10.2. The van der Waals surface area contributed by atoms with Gasteiger partial charge in [0.2, 0.25) is 0 Å². The summed E-state index contributed by atoms with van der Waals surface area (Å²) in [5, 5.41) is 3.58. The maximum atomic E-state index is 3.58. The SMILES string of the molecule is CCNC1CC(C)(C)c2ccc(C)cc21. The van der Waals surface area contributed by atoms with E-state index in [4.69, 9.17) is 0 Å². The number of aryl methyl sites for hydroxylation is 1. The Kier molecular flexibility index (Phi) is 2.59. The van der Waals surface area contributed by atoms with Crippen molar-refractivity contribution in [3.63, 3.8) is 0 Å². The van der Waals surface area contributed by atoms with E-state index in [9.17, 15) is 0 Å². The summed E-state index contributed by atoms with van der Waals surface area (Å²) in [6, 6.07) is 7.44. The van der Waals surface area contributed by atoms with E-state index in [1.807, 2.05) is 0 Å². The summed E-state index contributed by atoms with van der Waals surface area (Å²) in [5.74, 6) is 0. The molecule has 1 unspecified atom stereocenters. The highest BCUT2D eigenvalue weighted by Crippen LogP contribution is 2.44. The van der Waals surface area contributed by atoms with E-state index in [0.29, 0.717) is 11.5 Å². The summed E-state index contributed by atoms with van der Waals surface area (Å²) in [4.78, 5) is 0. The lowest BCUT2D eigenvalue weighted by atomic mass is 9.86. The minimum Gasteiger partial charge on any atom is -0.310 e. The molecule has 0 radical (unpaired) electrons. The Labute approximate surface area is 92.9 Å². The van der Waals surface area contributed by atoms with Crippen LogP contribution in [0.4, 0.5) is 0 Å². The van der Waals surface area contributed by atoms with Gasteiger partial charge < -0.3 is 5.32 Å². The summed E-state index contributed by atoms with van der Waals surface area (Å²) < 4.78 is 0. The minimum atomic E-state index is 0.329. The molecule has 1 aliphatic carbocycles. The highest BCUT2D eigenvalue weighted by atomic mass is 14.9. The van der Waals surface area contributed by atoms with Crippen LogP contribution in [-0.2, 0) is 5.41 Å². The molecule has 2 rings (SSSR count). The van der Waals surface area contributed by atoms with E-state index in [1.165, 1.54) is 23.1 Å². The first-order valence-corrected chi connectivity index (χ1v) is 5.89. The molecule has 0 bridgehead atoms. The zero-order chi connectivity index (χ0) is 11.1. The smallest absolute Gasteiger partial charge is 0.0331 e. The average molecular weight is 203 g/mol. The Morgan fingerprint density at radius 2 is 2.13 bits per heavy atom. The molecular weight excluding hydrogens is 182 g/mol. The highest BCUT2D eigenvalue weighted by Gasteiger charge is 2.35. The zero-order valence-electron chi connectivity index (χ0n) is 10.2. The topological polar surface area (TPSA) is 12.0 Å². The average Bonchev–Trinajstić information content (AvgIpc) is 2.39. The lowest BCUT2D eigenvalue weighted by Gasteiger charge is -2.19. The number of nitrogens with one attached hydrogen (secondary N) is 1. The van der Waals surface area contributed by atoms with Crippen LogP contribution in [0.15, 0.2) is 18.2 Å². The molecular formula is C14H21N. The van der Waals surface area contributed by atoms with Crippen LogP contribution in [0.1, 0.15) is 49.9 Å². The molecule has 15 heavy (non-hydrogen) atoms. The second kappa shape index (κ2) is 3.64. The maximum Gasteiger partial charge on any atom is 0.0331 e. The van der Waals surface area contributed by atoms with Gasteiger partial charge in [-0.25, -0.2) is 0 Å². The molecule has 1 heteroatoms. The van der Waals surface area contributed by atoms with Crippen molar-refractivity contribution in [3.05, 3.63) is 34.9 Å². The second-order valence-corrected chi connectivity index (χ2v) is 5.29. The van der Waals surface area contributed by atoms with Crippen LogP contribution in [-0.4, -0.2) is 6.54 Å². The van der Waals surface area contributed by atoms with Gasteiger partial charge in [0.05, 0.1) is 0 Å². The molecule has 0 heterocycles. The Bertz CT molecular complexity index is 366. The van der Waals surface area contributed by atoms with Crippen molar-refractivity contribution in [2.45, 2.75) is 45.6 Å². The molecule has 0 amide bonds. The Morgan fingerprint density at radius 3 is 2.80 bits per heavy atom. The third kappa shape index (κ3) is 1.81. The molecule has 1 nitrogen and oxygen atoms in total. The molecule has 1 aromatic carbocycles. The molecule has 0 aliphatic heterocycles. The largest absolute Gasteiger partial charge is 0.310 e. The molecule has 1 aromatic rings. The fourth-order valence-electron chi connectivity index (χ4n) is 2.75. The lowest BCUT2D eigenvalue weighted by Crippen LogP contribution is -2.20. The fraction of sp³-hybridized carbons (Fsp3) is 0.571. The van der Waals surface area contributed by atoms with E-state index in [1.54, 1.807) is 0 Å². The van der Waals surface area contributed by atoms with Crippen molar-refractivity contribution >= 4 is 0 Å². The van der Waals surface area contributed by atoms with Gasteiger partial charge in [-0.05, 0) is 36.4 Å². The fourth-order valence-corrected chi connectivity index (χ4v) is 2.75.